The van der Waals surface area contributed by atoms with Gasteiger partial charge in [0.05, 0.1) is 11.0 Å². The van der Waals surface area contributed by atoms with Crippen molar-refractivity contribution < 1.29 is 0 Å². The number of hydrogen-bond acceptors (Lipinski definition) is 3. The Balaban J connectivity index is 1.24. The molecule has 9 rings (SSSR count). The minimum atomic E-state index is -0.0726. The van der Waals surface area contributed by atoms with Gasteiger partial charge in [0, 0.05) is 44.1 Å². The Hall–Kier alpha value is -5.87. The van der Waals surface area contributed by atoms with Crippen LogP contribution in [-0.4, -0.2) is 19.5 Å². The number of benzene rings is 6. The Bertz CT molecular complexity index is 2360. The zero-order valence-corrected chi connectivity index (χ0v) is 25.6. The largest absolute Gasteiger partial charge is 0.309 e. The SMILES string of the molecule is CC1(C)c2ccccc2-c2c1ccc1c3ccccc3n(-c3ccc(-c4nc(-c5ccccc5)nc(-c5ccccc5)n4)cc3)c21. The van der Waals surface area contributed by atoms with Gasteiger partial charge in [-0.25, -0.2) is 15.0 Å². The molecule has 0 fully saturated rings. The molecule has 0 atom stereocenters. The number of fused-ring (bicyclic) bond motifs is 7. The smallest absolute Gasteiger partial charge is 0.164 e. The molecule has 1 aliphatic rings. The van der Waals surface area contributed by atoms with Crippen molar-refractivity contribution in [2.24, 2.45) is 0 Å². The van der Waals surface area contributed by atoms with Crippen LogP contribution in [0.1, 0.15) is 25.0 Å². The highest BCUT2D eigenvalue weighted by Gasteiger charge is 2.37. The van der Waals surface area contributed by atoms with Gasteiger partial charge in [-0.3, -0.25) is 0 Å². The summed E-state index contributed by atoms with van der Waals surface area (Å²) >= 11 is 0. The van der Waals surface area contributed by atoms with Gasteiger partial charge in [0.1, 0.15) is 0 Å². The Morgan fingerprint density at radius 1 is 0.457 bits per heavy atom. The second-order valence-electron chi connectivity index (χ2n) is 12.5. The van der Waals surface area contributed by atoms with Crippen LogP contribution in [0.15, 0.2) is 146 Å². The Morgan fingerprint density at radius 3 is 1.65 bits per heavy atom. The lowest BCUT2D eigenvalue weighted by Gasteiger charge is -2.21. The van der Waals surface area contributed by atoms with E-state index in [0.29, 0.717) is 17.5 Å². The lowest BCUT2D eigenvalue weighted by Crippen LogP contribution is -2.14. The van der Waals surface area contributed by atoms with Crippen LogP contribution >= 0.6 is 0 Å². The average Bonchev–Trinajstić information content (AvgIpc) is 3.58. The maximum absolute atomic E-state index is 4.95. The van der Waals surface area contributed by atoms with Crippen LogP contribution in [0.25, 0.3) is 72.8 Å². The fourth-order valence-electron chi connectivity index (χ4n) is 7.21. The highest BCUT2D eigenvalue weighted by atomic mass is 15.0. The van der Waals surface area contributed by atoms with E-state index in [-0.39, 0.29) is 5.41 Å². The van der Waals surface area contributed by atoms with Crippen LogP contribution in [0.3, 0.4) is 0 Å². The van der Waals surface area contributed by atoms with Crippen molar-refractivity contribution in [2.75, 3.05) is 0 Å². The van der Waals surface area contributed by atoms with Crippen LogP contribution in [0.2, 0.25) is 0 Å². The van der Waals surface area contributed by atoms with E-state index in [0.717, 1.165) is 22.4 Å². The van der Waals surface area contributed by atoms with Gasteiger partial charge >= 0.3 is 0 Å². The molecule has 46 heavy (non-hydrogen) atoms. The monoisotopic (exact) mass is 590 g/mol. The maximum Gasteiger partial charge on any atom is 0.164 e. The molecule has 4 nitrogen and oxygen atoms in total. The summed E-state index contributed by atoms with van der Waals surface area (Å²) in [7, 11) is 0. The van der Waals surface area contributed by atoms with Gasteiger partial charge in [0.15, 0.2) is 17.5 Å². The molecule has 0 aliphatic heterocycles. The molecule has 0 saturated heterocycles. The predicted molar refractivity (Wildman–Crippen MR) is 188 cm³/mol. The van der Waals surface area contributed by atoms with Gasteiger partial charge in [-0.2, -0.15) is 0 Å². The van der Waals surface area contributed by atoms with Crippen molar-refractivity contribution in [3.8, 4) is 51.0 Å². The first kappa shape index (κ1) is 26.5. The van der Waals surface area contributed by atoms with Gasteiger partial charge in [-0.15, -0.1) is 0 Å². The predicted octanol–water partition coefficient (Wildman–Crippen LogP) is 10.3. The molecular formula is C42H30N4. The van der Waals surface area contributed by atoms with Gasteiger partial charge in [0.25, 0.3) is 0 Å². The minimum absolute atomic E-state index is 0.0726. The van der Waals surface area contributed by atoms with Crippen LogP contribution in [0, 0.1) is 0 Å². The zero-order valence-electron chi connectivity index (χ0n) is 25.6. The minimum Gasteiger partial charge on any atom is -0.309 e. The first-order valence-corrected chi connectivity index (χ1v) is 15.7. The van der Waals surface area contributed by atoms with E-state index in [1.165, 1.54) is 44.1 Å². The molecule has 1 aliphatic carbocycles. The summed E-state index contributed by atoms with van der Waals surface area (Å²) in [6.07, 6.45) is 0. The van der Waals surface area contributed by atoms with Crippen molar-refractivity contribution in [3.05, 3.63) is 157 Å². The molecule has 0 amide bonds. The van der Waals surface area contributed by atoms with E-state index in [1.54, 1.807) is 0 Å². The van der Waals surface area contributed by atoms with E-state index in [9.17, 15) is 0 Å². The van der Waals surface area contributed by atoms with Gasteiger partial charge in [-0.05, 0) is 47.0 Å². The van der Waals surface area contributed by atoms with E-state index < -0.39 is 0 Å². The molecule has 0 spiro atoms. The molecular weight excluding hydrogens is 560 g/mol. The van der Waals surface area contributed by atoms with E-state index >= 15 is 0 Å². The third-order valence-corrected chi connectivity index (χ3v) is 9.46. The van der Waals surface area contributed by atoms with Crippen molar-refractivity contribution >= 4 is 21.8 Å². The standard InChI is InChI=1S/C42H30N4/c1-42(2)34-19-11-9-18-33(34)37-35(42)26-25-32-31-17-10-12-20-36(31)46(38(32)37)30-23-21-29(22-24-30)41-44-39(27-13-5-3-6-14-27)43-40(45-41)28-15-7-4-8-16-28/h3-26H,1-2H3. The Morgan fingerprint density at radius 2 is 1.00 bits per heavy atom. The normalized spacial score (nSPS) is 13.2. The van der Waals surface area contributed by atoms with E-state index in [4.69, 9.17) is 15.0 Å². The number of hydrogen-bond donors (Lipinski definition) is 0. The molecule has 8 aromatic rings. The quantitative estimate of drug-likeness (QED) is 0.205. The molecule has 218 valence electrons. The average molecular weight is 591 g/mol. The summed E-state index contributed by atoms with van der Waals surface area (Å²) in [5.74, 6) is 1.97. The van der Waals surface area contributed by atoms with Crippen LogP contribution in [0.4, 0.5) is 0 Å². The summed E-state index contributed by atoms with van der Waals surface area (Å²) in [4.78, 5) is 14.8. The van der Waals surface area contributed by atoms with Gasteiger partial charge < -0.3 is 4.57 Å². The first-order valence-electron chi connectivity index (χ1n) is 15.7. The van der Waals surface area contributed by atoms with Gasteiger partial charge in [0.2, 0.25) is 0 Å². The summed E-state index contributed by atoms with van der Waals surface area (Å²) in [6.45, 7) is 4.68. The number of rotatable bonds is 4. The van der Waals surface area contributed by atoms with E-state index in [1.807, 2.05) is 60.7 Å². The third kappa shape index (κ3) is 3.97. The Labute approximate surface area is 267 Å². The maximum atomic E-state index is 4.95. The van der Waals surface area contributed by atoms with Crippen LogP contribution < -0.4 is 0 Å². The topological polar surface area (TPSA) is 43.6 Å². The highest BCUT2D eigenvalue weighted by molar-refractivity contribution is 6.15. The molecule has 0 unspecified atom stereocenters. The molecule has 0 bridgehead atoms. The fourth-order valence-corrected chi connectivity index (χ4v) is 7.21. The van der Waals surface area contributed by atoms with Crippen molar-refractivity contribution in [2.45, 2.75) is 19.3 Å². The molecule has 0 N–H and O–H groups in total. The molecule has 0 saturated carbocycles. The fraction of sp³-hybridized carbons (Fsp3) is 0.0714. The number of aromatic nitrogens is 4. The highest BCUT2D eigenvalue weighted by Crippen LogP contribution is 2.52. The molecule has 6 aromatic carbocycles. The number of para-hydroxylation sites is 1. The lowest BCUT2D eigenvalue weighted by molar-refractivity contribution is 0.661. The number of nitrogens with zero attached hydrogens (tertiary/aromatic N) is 4. The lowest BCUT2D eigenvalue weighted by atomic mass is 9.82. The van der Waals surface area contributed by atoms with Crippen LogP contribution in [-0.2, 0) is 5.41 Å². The van der Waals surface area contributed by atoms with Crippen LogP contribution in [0.5, 0.6) is 0 Å². The van der Waals surface area contributed by atoms with Crippen molar-refractivity contribution in [1.29, 1.82) is 0 Å². The summed E-state index contributed by atoms with van der Waals surface area (Å²) in [5.41, 5.74) is 11.7. The van der Waals surface area contributed by atoms with E-state index in [2.05, 4.69) is 103 Å². The Kier molecular flexibility index (Phi) is 5.81. The zero-order chi connectivity index (χ0) is 30.8. The molecule has 4 heteroatoms. The molecule has 0 radical (unpaired) electrons. The first-order chi connectivity index (χ1) is 22.6. The molecule has 2 heterocycles. The third-order valence-electron chi connectivity index (χ3n) is 9.46. The summed E-state index contributed by atoms with van der Waals surface area (Å²) in [5, 5.41) is 2.52. The second kappa shape index (κ2) is 10.1. The molecule has 2 aromatic heterocycles. The van der Waals surface area contributed by atoms with Crippen molar-refractivity contribution in [3.63, 3.8) is 0 Å². The summed E-state index contributed by atoms with van der Waals surface area (Å²) in [6, 6.07) is 51.1. The van der Waals surface area contributed by atoms with Crippen molar-refractivity contribution in [1.82, 2.24) is 19.5 Å². The second-order valence-corrected chi connectivity index (χ2v) is 12.5. The summed E-state index contributed by atoms with van der Waals surface area (Å²) < 4.78 is 2.43. The van der Waals surface area contributed by atoms with Gasteiger partial charge in [-0.1, -0.05) is 129 Å².